The van der Waals surface area contributed by atoms with E-state index in [1.165, 1.54) is 11.1 Å². The van der Waals surface area contributed by atoms with Gasteiger partial charge in [0, 0.05) is 26.7 Å². The van der Waals surface area contributed by atoms with Crippen LogP contribution in [0.3, 0.4) is 0 Å². The topological polar surface area (TPSA) is 36.9 Å². The second kappa shape index (κ2) is 14.3. The summed E-state index contributed by atoms with van der Waals surface area (Å²) in [6, 6.07) is 8.47. The van der Waals surface area contributed by atoms with Crippen LogP contribution in [0.15, 0.2) is 41.9 Å². The predicted molar refractivity (Wildman–Crippen MR) is 114 cm³/mol. The number of guanidine groups is 1. The maximum Gasteiger partial charge on any atom is 0.193 e. The lowest BCUT2D eigenvalue weighted by atomic mass is 10.1. The number of nitrogens with zero attached hydrogens (tertiary/aromatic N) is 2. The van der Waals surface area contributed by atoms with Crippen molar-refractivity contribution in [1.29, 1.82) is 0 Å². The van der Waals surface area contributed by atoms with Gasteiger partial charge in [0.05, 0.1) is 13.2 Å². The van der Waals surface area contributed by atoms with Crippen molar-refractivity contribution >= 4 is 29.9 Å². The molecule has 1 aromatic rings. The molecule has 4 nitrogen and oxygen atoms in total. The van der Waals surface area contributed by atoms with Gasteiger partial charge in [-0.05, 0) is 37.8 Å². The largest absolute Gasteiger partial charge is 0.377 e. The SMILES string of the molecule is C=CCCCN(C)C(=NCc1ccc(COCC)cc1)NCC.I. The summed E-state index contributed by atoms with van der Waals surface area (Å²) in [6.07, 6.45) is 4.09. The third-order valence-electron chi connectivity index (χ3n) is 3.51. The minimum Gasteiger partial charge on any atom is -0.377 e. The van der Waals surface area contributed by atoms with Crippen molar-refractivity contribution in [3.05, 3.63) is 48.0 Å². The van der Waals surface area contributed by atoms with Crippen molar-refractivity contribution in [2.45, 2.75) is 39.8 Å². The molecule has 0 saturated carbocycles. The van der Waals surface area contributed by atoms with Gasteiger partial charge in [-0.1, -0.05) is 30.3 Å². The molecule has 0 aliphatic carbocycles. The molecular formula is C19H32IN3O. The van der Waals surface area contributed by atoms with E-state index in [2.05, 4.69) is 55.0 Å². The van der Waals surface area contributed by atoms with Gasteiger partial charge in [-0.25, -0.2) is 4.99 Å². The van der Waals surface area contributed by atoms with Crippen LogP contribution in [0.1, 0.15) is 37.8 Å². The fourth-order valence-corrected chi connectivity index (χ4v) is 2.18. The number of unbranched alkanes of at least 4 members (excludes halogenated alkanes) is 1. The molecule has 0 spiro atoms. The van der Waals surface area contributed by atoms with E-state index in [0.717, 1.165) is 38.5 Å². The van der Waals surface area contributed by atoms with Crippen molar-refractivity contribution in [3.8, 4) is 0 Å². The van der Waals surface area contributed by atoms with Crippen LogP contribution in [0.5, 0.6) is 0 Å². The number of halogens is 1. The Labute approximate surface area is 164 Å². The summed E-state index contributed by atoms with van der Waals surface area (Å²) in [5.74, 6) is 0.954. The highest BCUT2D eigenvalue weighted by atomic mass is 127. The highest BCUT2D eigenvalue weighted by Gasteiger charge is 2.04. The zero-order chi connectivity index (χ0) is 16.9. The second-order valence-electron chi connectivity index (χ2n) is 5.48. The standard InChI is InChI=1S/C19H31N3O.HI/c1-5-8-9-14-22(4)19(20-6-2)21-15-17-10-12-18(13-11-17)16-23-7-3;/h5,10-13H,1,6-9,14-16H2,2-4H3,(H,20,21);1H. The van der Waals surface area contributed by atoms with E-state index >= 15 is 0 Å². The molecule has 1 rings (SSSR count). The molecule has 1 aromatic carbocycles. The molecular weight excluding hydrogens is 413 g/mol. The minimum atomic E-state index is 0. The smallest absolute Gasteiger partial charge is 0.193 e. The molecule has 24 heavy (non-hydrogen) atoms. The minimum absolute atomic E-state index is 0. The Morgan fingerprint density at radius 2 is 1.92 bits per heavy atom. The van der Waals surface area contributed by atoms with E-state index in [4.69, 9.17) is 9.73 Å². The van der Waals surface area contributed by atoms with Crippen LogP contribution in [-0.2, 0) is 17.9 Å². The Kier molecular flexibility index (Phi) is 13.6. The van der Waals surface area contributed by atoms with Gasteiger partial charge in [-0.2, -0.15) is 0 Å². The number of benzene rings is 1. The molecule has 0 radical (unpaired) electrons. The van der Waals surface area contributed by atoms with E-state index in [-0.39, 0.29) is 24.0 Å². The Morgan fingerprint density at radius 3 is 2.50 bits per heavy atom. The number of hydrogen-bond acceptors (Lipinski definition) is 2. The number of hydrogen-bond donors (Lipinski definition) is 1. The average molecular weight is 445 g/mol. The van der Waals surface area contributed by atoms with Crippen LogP contribution in [0.2, 0.25) is 0 Å². The van der Waals surface area contributed by atoms with Gasteiger partial charge in [-0.3, -0.25) is 0 Å². The van der Waals surface area contributed by atoms with Gasteiger partial charge >= 0.3 is 0 Å². The lowest BCUT2D eigenvalue weighted by Crippen LogP contribution is -2.39. The first-order chi connectivity index (χ1) is 11.2. The van der Waals surface area contributed by atoms with E-state index in [1.807, 2.05) is 13.0 Å². The van der Waals surface area contributed by atoms with Gasteiger partial charge in [0.15, 0.2) is 5.96 Å². The molecule has 0 aliphatic rings. The zero-order valence-corrected chi connectivity index (χ0v) is 17.6. The summed E-state index contributed by atoms with van der Waals surface area (Å²) in [4.78, 5) is 6.91. The maximum atomic E-state index is 5.42. The van der Waals surface area contributed by atoms with E-state index in [0.29, 0.717) is 13.2 Å². The first-order valence-electron chi connectivity index (χ1n) is 8.47. The fraction of sp³-hybridized carbons (Fsp3) is 0.526. The maximum absolute atomic E-state index is 5.42. The van der Waals surface area contributed by atoms with E-state index in [1.54, 1.807) is 0 Å². The molecule has 0 saturated heterocycles. The quantitative estimate of drug-likeness (QED) is 0.193. The highest BCUT2D eigenvalue weighted by molar-refractivity contribution is 14.0. The lowest BCUT2D eigenvalue weighted by Gasteiger charge is -2.21. The van der Waals surface area contributed by atoms with E-state index < -0.39 is 0 Å². The monoisotopic (exact) mass is 445 g/mol. The fourth-order valence-electron chi connectivity index (χ4n) is 2.18. The zero-order valence-electron chi connectivity index (χ0n) is 15.3. The number of ether oxygens (including phenoxy) is 1. The summed E-state index contributed by atoms with van der Waals surface area (Å²) in [6.45, 7) is 11.8. The first-order valence-corrected chi connectivity index (χ1v) is 8.47. The van der Waals surface area contributed by atoms with Crippen LogP contribution in [0, 0.1) is 0 Å². The van der Waals surface area contributed by atoms with E-state index in [9.17, 15) is 0 Å². The summed E-state index contributed by atoms with van der Waals surface area (Å²) >= 11 is 0. The molecule has 5 heteroatoms. The Bertz CT molecular complexity index is 474. The van der Waals surface area contributed by atoms with Gasteiger partial charge in [0.25, 0.3) is 0 Å². The van der Waals surface area contributed by atoms with Crippen molar-refractivity contribution < 1.29 is 4.74 Å². The summed E-state index contributed by atoms with van der Waals surface area (Å²) in [5, 5.41) is 3.35. The number of rotatable bonds is 10. The molecule has 0 heterocycles. The Balaban J connectivity index is 0.00000529. The summed E-state index contributed by atoms with van der Waals surface area (Å²) < 4.78 is 5.42. The molecule has 0 unspecified atom stereocenters. The molecule has 136 valence electrons. The molecule has 0 bridgehead atoms. The van der Waals surface area contributed by atoms with Crippen molar-refractivity contribution in [2.75, 3.05) is 26.7 Å². The van der Waals surface area contributed by atoms with Crippen molar-refractivity contribution in [3.63, 3.8) is 0 Å². The molecule has 0 aliphatic heterocycles. The number of nitrogens with one attached hydrogen (secondary N) is 1. The van der Waals surface area contributed by atoms with Crippen LogP contribution < -0.4 is 5.32 Å². The normalized spacial score (nSPS) is 10.9. The second-order valence-corrected chi connectivity index (χ2v) is 5.48. The van der Waals surface area contributed by atoms with Gasteiger partial charge in [-0.15, -0.1) is 30.6 Å². The van der Waals surface area contributed by atoms with Crippen LogP contribution in [-0.4, -0.2) is 37.6 Å². The first kappa shape index (κ1) is 22.9. The van der Waals surface area contributed by atoms with Crippen LogP contribution in [0.25, 0.3) is 0 Å². The van der Waals surface area contributed by atoms with Gasteiger partial charge < -0.3 is 15.0 Å². The third kappa shape index (κ3) is 9.27. The van der Waals surface area contributed by atoms with Gasteiger partial charge in [0.1, 0.15) is 0 Å². The van der Waals surface area contributed by atoms with Crippen LogP contribution >= 0.6 is 24.0 Å². The molecule has 0 aromatic heterocycles. The summed E-state index contributed by atoms with van der Waals surface area (Å²) in [7, 11) is 2.08. The molecule has 0 fully saturated rings. The third-order valence-corrected chi connectivity index (χ3v) is 3.51. The number of aliphatic imine (C=N–C) groups is 1. The summed E-state index contributed by atoms with van der Waals surface area (Å²) in [5.41, 5.74) is 2.41. The average Bonchev–Trinajstić information content (AvgIpc) is 2.57. The number of allylic oxidation sites excluding steroid dienone is 1. The molecule has 0 amide bonds. The van der Waals surface area contributed by atoms with Crippen molar-refractivity contribution in [2.24, 2.45) is 4.99 Å². The van der Waals surface area contributed by atoms with Crippen molar-refractivity contribution in [1.82, 2.24) is 10.2 Å². The molecule has 0 atom stereocenters. The molecule has 1 N–H and O–H groups in total. The predicted octanol–water partition coefficient (Wildman–Crippen LogP) is 4.20. The van der Waals surface area contributed by atoms with Gasteiger partial charge in [0.2, 0.25) is 0 Å². The highest BCUT2D eigenvalue weighted by Crippen LogP contribution is 2.07. The lowest BCUT2D eigenvalue weighted by molar-refractivity contribution is 0.134. The van der Waals surface area contributed by atoms with Crippen LogP contribution in [0.4, 0.5) is 0 Å². The Hall–Kier alpha value is -1.08. The Morgan fingerprint density at radius 1 is 1.25 bits per heavy atom.